The summed E-state index contributed by atoms with van der Waals surface area (Å²) in [5.41, 5.74) is 1.38. The minimum Gasteiger partial charge on any atom is -0.339 e. The van der Waals surface area contributed by atoms with Crippen LogP contribution in [0.5, 0.6) is 0 Å². The molecule has 1 heterocycles. The van der Waals surface area contributed by atoms with Crippen LogP contribution in [-0.2, 0) is 21.1 Å². The third-order valence-electron chi connectivity index (χ3n) is 5.57. The Morgan fingerprint density at radius 3 is 2.44 bits per heavy atom. The van der Waals surface area contributed by atoms with Crippen molar-refractivity contribution in [1.82, 2.24) is 10.1 Å². The summed E-state index contributed by atoms with van der Waals surface area (Å²) in [7, 11) is -3.29. The molecule has 9 heteroatoms. The van der Waals surface area contributed by atoms with Crippen LogP contribution in [-0.4, -0.2) is 29.7 Å². The van der Waals surface area contributed by atoms with Crippen LogP contribution in [0.4, 0.5) is 5.69 Å². The summed E-state index contributed by atoms with van der Waals surface area (Å²) in [6.45, 7) is 0. The molecule has 3 aromatic rings. The molecule has 0 aliphatic heterocycles. The molecule has 32 heavy (non-hydrogen) atoms. The van der Waals surface area contributed by atoms with Crippen molar-refractivity contribution in [3.05, 3.63) is 59.4 Å². The largest absolute Gasteiger partial charge is 0.339 e. The van der Waals surface area contributed by atoms with Gasteiger partial charge in [-0.3, -0.25) is 4.79 Å². The Bertz CT molecular complexity index is 1170. The van der Waals surface area contributed by atoms with Gasteiger partial charge in [-0.15, -0.1) is 0 Å². The smallest absolute Gasteiger partial charge is 0.226 e. The van der Waals surface area contributed by atoms with Gasteiger partial charge in [0.15, 0.2) is 9.84 Å². The van der Waals surface area contributed by atoms with Crippen molar-refractivity contribution in [3.8, 4) is 11.4 Å². The van der Waals surface area contributed by atoms with Crippen LogP contribution in [0.3, 0.4) is 0 Å². The standard InChI is InChI=1S/C23H24ClN3O4S/c24-17-10-8-16(9-11-17)23-26-22(31-27-23)7-3-6-21(28)25-18-12-14-20(15-13-18)32(29,30)19-4-1-2-5-19/h8-15,19H,1-7H2,(H,25,28). The van der Waals surface area contributed by atoms with Gasteiger partial charge in [-0.2, -0.15) is 4.98 Å². The van der Waals surface area contributed by atoms with E-state index in [0.717, 1.165) is 31.2 Å². The Morgan fingerprint density at radius 2 is 1.75 bits per heavy atom. The monoisotopic (exact) mass is 473 g/mol. The maximum atomic E-state index is 12.6. The van der Waals surface area contributed by atoms with Crippen LogP contribution in [0, 0.1) is 0 Å². The number of anilines is 1. The number of halogens is 1. The minimum atomic E-state index is -3.29. The summed E-state index contributed by atoms with van der Waals surface area (Å²) in [5, 5.41) is 7.11. The molecular weight excluding hydrogens is 450 g/mol. The predicted molar refractivity (Wildman–Crippen MR) is 122 cm³/mol. The summed E-state index contributed by atoms with van der Waals surface area (Å²) < 4.78 is 30.5. The number of nitrogens with one attached hydrogen (secondary N) is 1. The summed E-state index contributed by atoms with van der Waals surface area (Å²) in [4.78, 5) is 16.9. The maximum absolute atomic E-state index is 12.6. The molecule has 1 fully saturated rings. The van der Waals surface area contributed by atoms with Crippen molar-refractivity contribution < 1.29 is 17.7 Å². The molecule has 1 saturated carbocycles. The van der Waals surface area contributed by atoms with Crippen molar-refractivity contribution in [2.45, 2.75) is 55.1 Å². The summed E-state index contributed by atoms with van der Waals surface area (Å²) in [5.74, 6) is 0.784. The van der Waals surface area contributed by atoms with E-state index in [-0.39, 0.29) is 17.6 Å². The molecule has 0 saturated heterocycles. The first-order valence-corrected chi connectivity index (χ1v) is 12.6. The lowest BCUT2D eigenvalue weighted by Gasteiger charge is -2.12. The Morgan fingerprint density at radius 1 is 1.06 bits per heavy atom. The molecule has 0 bridgehead atoms. The Balaban J connectivity index is 1.26. The van der Waals surface area contributed by atoms with E-state index in [1.165, 1.54) is 0 Å². The highest BCUT2D eigenvalue weighted by Gasteiger charge is 2.30. The van der Waals surface area contributed by atoms with Gasteiger partial charge in [0.2, 0.25) is 17.6 Å². The van der Waals surface area contributed by atoms with Gasteiger partial charge in [0.25, 0.3) is 0 Å². The molecule has 7 nitrogen and oxygen atoms in total. The number of nitrogens with zero attached hydrogens (tertiary/aromatic N) is 2. The van der Waals surface area contributed by atoms with E-state index < -0.39 is 9.84 Å². The highest BCUT2D eigenvalue weighted by Crippen LogP contribution is 2.30. The first-order chi connectivity index (χ1) is 15.4. The molecule has 1 aromatic heterocycles. The Labute approximate surface area is 192 Å². The van der Waals surface area contributed by atoms with E-state index in [9.17, 15) is 13.2 Å². The van der Waals surface area contributed by atoms with Crippen molar-refractivity contribution >= 4 is 33.0 Å². The van der Waals surface area contributed by atoms with Crippen LogP contribution >= 0.6 is 11.6 Å². The second-order valence-electron chi connectivity index (χ2n) is 7.90. The number of benzene rings is 2. The van der Waals surface area contributed by atoms with Gasteiger partial charge in [-0.1, -0.05) is 29.6 Å². The lowest BCUT2D eigenvalue weighted by Crippen LogP contribution is -2.18. The average Bonchev–Trinajstić information content (AvgIpc) is 3.48. The van der Waals surface area contributed by atoms with Gasteiger partial charge in [-0.05, 0) is 67.8 Å². The number of sulfone groups is 1. The number of amides is 1. The highest BCUT2D eigenvalue weighted by atomic mass is 35.5. The first kappa shape index (κ1) is 22.5. The fraction of sp³-hybridized carbons (Fsp3) is 0.348. The first-order valence-electron chi connectivity index (χ1n) is 10.6. The quantitative estimate of drug-likeness (QED) is 0.490. The molecule has 4 rings (SSSR count). The lowest BCUT2D eigenvalue weighted by atomic mass is 10.2. The number of aromatic nitrogens is 2. The molecule has 2 aromatic carbocycles. The average molecular weight is 474 g/mol. The Kier molecular flexibility index (Phi) is 6.91. The number of carbonyl (C=O) groups is 1. The van der Waals surface area contributed by atoms with Gasteiger partial charge in [-0.25, -0.2) is 8.42 Å². The van der Waals surface area contributed by atoms with Crippen LogP contribution in [0.2, 0.25) is 5.02 Å². The van der Waals surface area contributed by atoms with Crippen molar-refractivity contribution in [1.29, 1.82) is 0 Å². The summed E-state index contributed by atoms with van der Waals surface area (Å²) in [6.07, 6.45) is 4.67. The van der Waals surface area contributed by atoms with Crippen molar-refractivity contribution in [3.63, 3.8) is 0 Å². The van der Waals surface area contributed by atoms with E-state index in [0.29, 0.717) is 40.2 Å². The summed E-state index contributed by atoms with van der Waals surface area (Å²) in [6, 6.07) is 13.6. The highest BCUT2D eigenvalue weighted by molar-refractivity contribution is 7.92. The topological polar surface area (TPSA) is 102 Å². The third-order valence-corrected chi connectivity index (χ3v) is 8.10. The molecule has 168 valence electrons. The normalized spacial score (nSPS) is 14.5. The van der Waals surface area contributed by atoms with Gasteiger partial charge >= 0.3 is 0 Å². The maximum Gasteiger partial charge on any atom is 0.226 e. The molecular formula is C23H24ClN3O4S. The van der Waals surface area contributed by atoms with Crippen LogP contribution in [0.25, 0.3) is 11.4 Å². The molecule has 1 aliphatic carbocycles. The molecule has 0 unspecified atom stereocenters. The third kappa shape index (κ3) is 5.37. The number of rotatable bonds is 8. The zero-order valence-electron chi connectivity index (χ0n) is 17.5. The van der Waals surface area contributed by atoms with E-state index in [1.54, 1.807) is 36.4 Å². The second kappa shape index (κ2) is 9.83. The van der Waals surface area contributed by atoms with Gasteiger partial charge < -0.3 is 9.84 Å². The molecule has 0 atom stereocenters. The van der Waals surface area contributed by atoms with Crippen LogP contribution in [0.15, 0.2) is 57.9 Å². The van der Waals surface area contributed by atoms with E-state index >= 15 is 0 Å². The summed E-state index contributed by atoms with van der Waals surface area (Å²) >= 11 is 5.89. The lowest BCUT2D eigenvalue weighted by molar-refractivity contribution is -0.116. The Hall–Kier alpha value is -2.71. The van der Waals surface area contributed by atoms with Crippen molar-refractivity contribution in [2.75, 3.05) is 5.32 Å². The molecule has 0 spiro atoms. The zero-order chi connectivity index (χ0) is 22.6. The van der Waals surface area contributed by atoms with E-state index in [4.69, 9.17) is 16.1 Å². The second-order valence-corrected chi connectivity index (χ2v) is 10.6. The van der Waals surface area contributed by atoms with Gasteiger partial charge in [0.05, 0.1) is 10.1 Å². The predicted octanol–water partition coefficient (Wildman–Crippen LogP) is 5.07. The van der Waals surface area contributed by atoms with Gasteiger partial charge in [0, 0.05) is 29.1 Å². The molecule has 0 radical (unpaired) electrons. The van der Waals surface area contributed by atoms with Gasteiger partial charge in [0.1, 0.15) is 0 Å². The van der Waals surface area contributed by atoms with Crippen LogP contribution in [0.1, 0.15) is 44.4 Å². The number of hydrogen-bond donors (Lipinski definition) is 1. The number of hydrogen-bond acceptors (Lipinski definition) is 6. The number of carbonyl (C=O) groups excluding carboxylic acids is 1. The SMILES string of the molecule is O=C(CCCc1nc(-c2ccc(Cl)cc2)no1)Nc1ccc(S(=O)(=O)C2CCCC2)cc1. The zero-order valence-corrected chi connectivity index (χ0v) is 19.0. The fourth-order valence-corrected chi connectivity index (χ4v) is 5.80. The fourth-order valence-electron chi connectivity index (χ4n) is 3.82. The minimum absolute atomic E-state index is 0.158. The molecule has 1 N–H and O–H groups in total. The van der Waals surface area contributed by atoms with E-state index in [2.05, 4.69) is 15.5 Å². The van der Waals surface area contributed by atoms with Crippen LogP contribution < -0.4 is 5.32 Å². The number of aryl methyl sites for hydroxylation is 1. The van der Waals surface area contributed by atoms with E-state index in [1.807, 2.05) is 12.1 Å². The molecule has 1 amide bonds. The molecule has 1 aliphatic rings. The van der Waals surface area contributed by atoms with Crippen molar-refractivity contribution in [2.24, 2.45) is 0 Å².